The minimum atomic E-state index is -1.33. The Hall–Kier alpha value is -3.50. The molecule has 0 saturated carbocycles. The van der Waals surface area contributed by atoms with E-state index >= 15 is 0 Å². The van der Waals surface area contributed by atoms with Gasteiger partial charge in [0, 0.05) is 51.4 Å². The van der Waals surface area contributed by atoms with Crippen LogP contribution in [-0.2, 0) is 20.9 Å². The van der Waals surface area contributed by atoms with Crippen molar-refractivity contribution in [2.75, 3.05) is 51.2 Å². The molecule has 0 saturated heterocycles. The number of likely N-dealkylation sites (N-methyl/N-ethyl adjacent to an activating group) is 1. The van der Waals surface area contributed by atoms with Gasteiger partial charge in [-0.25, -0.2) is 9.78 Å². The van der Waals surface area contributed by atoms with Gasteiger partial charge in [-0.15, -0.1) is 0 Å². The molecular formula is C26H35ClN6O4. The number of amides is 1. The highest BCUT2D eigenvalue weighted by atomic mass is 35.5. The van der Waals surface area contributed by atoms with E-state index in [1.165, 1.54) is 4.90 Å². The lowest BCUT2D eigenvalue weighted by atomic mass is 9.93. The largest absolute Gasteiger partial charge is 0.479 e. The molecule has 3 aromatic rings. The molecule has 0 spiro atoms. The van der Waals surface area contributed by atoms with Crippen molar-refractivity contribution in [3.63, 3.8) is 0 Å². The van der Waals surface area contributed by atoms with Gasteiger partial charge >= 0.3 is 5.97 Å². The van der Waals surface area contributed by atoms with Crippen molar-refractivity contribution in [3.05, 3.63) is 34.9 Å². The molecule has 0 fully saturated rings. The van der Waals surface area contributed by atoms with E-state index in [9.17, 15) is 14.7 Å². The van der Waals surface area contributed by atoms with E-state index in [1.807, 2.05) is 12.1 Å². The second-order valence-corrected chi connectivity index (χ2v) is 10.2. The van der Waals surface area contributed by atoms with E-state index in [-0.39, 0.29) is 12.5 Å². The van der Waals surface area contributed by atoms with E-state index in [1.54, 1.807) is 72.7 Å². The van der Waals surface area contributed by atoms with Crippen molar-refractivity contribution in [1.82, 2.24) is 14.5 Å². The molecule has 0 aliphatic carbocycles. The molecule has 11 heteroatoms. The van der Waals surface area contributed by atoms with Gasteiger partial charge in [0.1, 0.15) is 23.8 Å². The number of carbonyl (C=O) groups excluding carboxylic acids is 1. The molecule has 10 nitrogen and oxygen atoms in total. The summed E-state index contributed by atoms with van der Waals surface area (Å²) in [6, 6.07) is 7.15. The van der Waals surface area contributed by atoms with Crippen LogP contribution in [0, 0.1) is 0 Å². The fourth-order valence-electron chi connectivity index (χ4n) is 4.26. The summed E-state index contributed by atoms with van der Waals surface area (Å²) in [6.07, 6.45) is -1.33. The number of nitrogens with one attached hydrogen (secondary N) is 3. The van der Waals surface area contributed by atoms with E-state index in [2.05, 4.69) is 16.0 Å². The Bertz CT molecular complexity index is 1310. The molecule has 0 bridgehead atoms. The van der Waals surface area contributed by atoms with Gasteiger partial charge in [-0.3, -0.25) is 4.79 Å². The zero-order valence-corrected chi connectivity index (χ0v) is 23.2. The van der Waals surface area contributed by atoms with Gasteiger partial charge in [0.15, 0.2) is 6.10 Å². The third kappa shape index (κ3) is 5.60. The minimum absolute atomic E-state index is 0.0256. The number of rotatable bonds is 9. The highest BCUT2D eigenvalue weighted by Gasteiger charge is 2.35. The smallest absolute Gasteiger partial charge is 0.337 e. The summed E-state index contributed by atoms with van der Waals surface area (Å²) in [7, 11) is 8.59. The first-order valence-electron chi connectivity index (χ1n) is 11.8. The monoisotopic (exact) mass is 530 g/mol. The third-order valence-electron chi connectivity index (χ3n) is 5.83. The number of anilines is 3. The molecule has 1 aromatic carbocycles. The summed E-state index contributed by atoms with van der Waals surface area (Å²) >= 11 is 6.20. The number of halogens is 1. The molecule has 3 rings (SSSR count). The van der Waals surface area contributed by atoms with Crippen LogP contribution >= 0.6 is 11.6 Å². The maximum absolute atomic E-state index is 12.8. The van der Waals surface area contributed by atoms with Crippen molar-refractivity contribution < 1.29 is 19.4 Å². The number of fused-ring (bicyclic) bond motifs is 1. The Labute approximate surface area is 221 Å². The highest BCUT2D eigenvalue weighted by molar-refractivity contribution is 6.30. The Balaban J connectivity index is 2.57. The standard InChI is InChI=1S/C26H35ClN6O4/c1-26(2,3)37-21(25(35)36)19-17(14-9-11-15(27)12-10-14)18-20(28-4)24(30-6)33(13-16(34)32(7)8)23(18)31-22(19)29-5/h9-12,21,28,30H,13H2,1-8H3,(H,29,31)(H,35,36)/t21-/m0/s1. The Kier molecular flexibility index (Phi) is 8.24. The number of carboxylic acids is 1. The fourth-order valence-corrected chi connectivity index (χ4v) is 4.39. The number of nitrogens with zero attached hydrogens (tertiary/aromatic N) is 3. The van der Waals surface area contributed by atoms with E-state index in [0.29, 0.717) is 44.5 Å². The third-order valence-corrected chi connectivity index (χ3v) is 6.09. The first-order chi connectivity index (χ1) is 17.3. The average molecular weight is 531 g/mol. The average Bonchev–Trinajstić information content (AvgIpc) is 3.13. The van der Waals surface area contributed by atoms with Crippen LogP contribution in [0.25, 0.3) is 22.2 Å². The van der Waals surface area contributed by atoms with Gasteiger partial charge in [-0.2, -0.15) is 0 Å². The number of aromatic nitrogens is 2. The lowest BCUT2D eigenvalue weighted by Crippen LogP contribution is -2.29. The van der Waals surface area contributed by atoms with Crippen molar-refractivity contribution in [3.8, 4) is 11.1 Å². The number of aliphatic carboxylic acids is 1. The minimum Gasteiger partial charge on any atom is -0.479 e. The lowest BCUT2D eigenvalue weighted by Gasteiger charge is -2.28. The summed E-state index contributed by atoms with van der Waals surface area (Å²) in [5.41, 5.74) is 2.12. The quantitative estimate of drug-likeness (QED) is 0.319. The SMILES string of the molecule is CNc1nc2c(c(NC)c(NC)n2CC(=O)N(C)C)c(-c2ccc(Cl)cc2)c1[C@H](OC(C)(C)C)C(=O)O. The summed E-state index contributed by atoms with van der Waals surface area (Å²) < 4.78 is 7.87. The number of hydrogen-bond acceptors (Lipinski definition) is 7. The molecule has 200 valence electrons. The van der Waals surface area contributed by atoms with Crippen LogP contribution in [0.5, 0.6) is 0 Å². The molecule has 0 aliphatic heterocycles. The molecular weight excluding hydrogens is 496 g/mol. The predicted molar refractivity (Wildman–Crippen MR) is 149 cm³/mol. The van der Waals surface area contributed by atoms with Crippen LogP contribution in [0.2, 0.25) is 5.02 Å². The van der Waals surface area contributed by atoms with Crippen LogP contribution < -0.4 is 16.0 Å². The maximum atomic E-state index is 12.8. The molecule has 0 radical (unpaired) electrons. The second kappa shape index (κ2) is 10.9. The van der Waals surface area contributed by atoms with Crippen LogP contribution in [0.4, 0.5) is 17.3 Å². The van der Waals surface area contributed by atoms with Crippen LogP contribution in [0.15, 0.2) is 24.3 Å². The molecule has 2 aromatic heterocycles. The van der Waals surface area contributed by atoms with E-state index in [4.69, 9.17) is 21.3 Å². The summed E-state index contributed by atoms with van der Waals surface area (Å²) in [5, 5.41) is 21.0. The van der Waals surface area contributed by atoms with E-state index in [0.717, 1.165) is 5.56 Å². The normalized spacial score (nSPS) is 12.4. The first-order valence-corrected chi connectivity index (χ1v) is 12.2. The highest BCUT2D eigenvalue weighted by Crippen LogP contribution is 2.47. The molecule has 4 N–H and O–H groups in total. The molecule has 2 heterocycles. The number of carbonyl (C=O) groups is 2. The first kappa shape index (κ1) is 28.1. The topological polar surface area (TPSA) is 121 Å². The number of ether oxygens (including phenoxy) is 1. The zero-order chi connectivity index (χ0) is 27.7. The van der Waals surface area contributed by atoms with E-state index < -0.39 is 17.7 Å². The Morgan fingerprint density at radius 3 is 2.19 bits per heavy atom. The molecule has 1 atom stereocenters. The summed E-state index contributed by atoms with van der Waals surface area (Å²) in [4.78, 5) is 31.8. The number of pyridine rings is 1. The van der Waals surface area contributed by atoms with Crippen LogP contribution in [-0.4, -0.2) is 72.3 Å². The number of hydrogen-bond donors (Lipinski definition) is 4. The zero-order valence-electron chi connectivity index (χ0n) is 22.5. The van der Waals surface area contributed by atoms with Crippen molar-refractivity contribution in [2.24, 2.45) is 0 Å². The fraction of sp³-hybridized carbons (Fsp3) is 0.423. The van der Waals surface area contributed by atoms with Crippen molar-refractivity contribution >= 4 is 51.8 Å². The summed E-state index contributed by atoms with van der Waals surface area (Å²) in [5.74, 6) is -0.306. The Morgan fingerprint density at radius 2 is 1.73 bits per heavy atom. The van der Waals surface area contributed by atoms with Crippen molar-refractivity contribution in [1.29, 1.82) is 0 Å². The van der Waals surface area contributed by atoms with Crippen LogP contribution in [0.1, 0.15) is 32.4 Å². The second-order valence-electron chi connectivity index (χ2n) is 9.75. The molecule has 37 heavy (non-hydrogen) atoms. The molecule has 0 aliphatic rings. The van der Waals surface area contributed by atoms with Gasteiger partial charge in [-0.1, -0.05) is 23.7 Å². The van der Waals surface area contributed by atoms with Crippen LogP contribution in [0.3, 0.4) is 0 Å². The predicted octanol–water partition coefficient (Wildman–Crippen LogP) is 4.51. The molecule has 0 unspecified atom stereocenters. The van der Waals surface area contributed by atoms with Gasteiger partial charge in [-0.05, 0) is 38.5 Å². The van der Waals surface area contributed by atoms with Crippen molar-refractivity contribution in [2.45, 2.75) is 39.0 Å². The Morgan fingerprint density at radius 1 is 1.11 bits per heavy atom. The summed E-state index contributed by atoms with van der Waals surface area (Å²) in [6.45, 7) is 5.43. The van der Waals surface area contributed by atoms with Gasteiger partial charge in [0.05, 0.1) is 16.7 Å². The number of benzene rings is 1. The van der Waals surface area contributed by atoms with Gasteiger partial charge < -0.3 is 35.3 Å². The maximum Gasteiger partial charge on any atom is 0.337 e. The number of carboxylic acid groups (broad SMARTS) is 1. The van der Waals surface area contributed by atoms with Gasteiger partial charge in [0.2, 0.25) is 5.91 Å². The molecule has 1 amide bonds. The van der Waals surface area contributed by atoms with Gasteiger partial charge in [0.25, 0.3) is 0 Å². The lowest BCUT2D eigenvalue weighted by molar-refractivity contribution is -0.160.